The first-order valence-corrected chi connectivity index (χ1v) is 7.99. The Hall–Kier alpha value is -2.40. The van der Waals surface area contributed by atoms with Crippen molar-refractivity contribution < 1.29 is 9.53 Å². The zero-order valence-electron chi connectivity index (χ0n) is 14.7. The van der Waals surface area contributed by atoms with E-state index in [0.717, 1.165) is 11.3 Å². The predicted octanol–water partition coefficient (Wildman–Crippen LogP) is 3.23. The Kier molecular flexibility index (Phi) is 6.32. The highest BCUT2D eigenvalue weighted by Crippen LogP contribution is 2.18. The third-order valence-corrected chi connectivity index (χ3v) is 4.08. The summed E-state index contributed by atoms with van der Waals surface area (Å²) < 4.78 is 5.27. The maximum atomic E-state index is 12.5. The van der Waals surface area contributed by atoms with Crippen molar-refractivity contribution in [3.63, 3.8) is 0 Å². The zero-order chi connectivity index (χ0) is 17.5. The number of methoxy groups -OCH3 is 1. The minimum Gasteiger partial charge on any atom is -0.382 e. The summed E-state index contributed by atoms with van der Waals surface area (Å²) in [6.07, 6.45) is 1.72. The van der Waals surface area contributed by atoms with Gasteiger partial charge in [-0.25, -0.2) is 4.79 Å². The molecule has 0 spiro atoms. The second kappa shape index (κ2) is 8.45. The quantitative estimate of drug-likeness (QED) is 0.886. The number of carbonyl (C=O) groups is 1. The average Bonchev–Trinajstić information content (AvgIpc) is 2.60. The molecule has 5 nitrogen and oxygen atoms in total. The van der Waals surface area contributed by atoms with Crippen LogP contribution < -0.4 is 5.32 Å². The highest BCUT2D eigenvalue weighted by molar-refractivity contribution is 5.74. The van der Waals surface area contributed by atoms with Gasteiger partial charge < -0.3 is 15.0 Å². The number of aromatic nitrogens is 1. The summed E-state index contributed by atoms with van der Waals surface area (Å²) in [5, 5.41) is 2.98. The van der Waals surface area contributed by atoms with E-state index in [1.54, 1.807) is 25.3 Å². The molecule has 2 aromatic rings. The van der Waals surface area contributed by atoms with E-state index in [1.807, 2.05) is 32.0 Å². The standard InChI is InChI=1S/C19H25N3O2/c1-14-8-9-15(2)16(11-14)12-21-19(23)22(3)18(13-24-4)17-7-5-6-10-20-17/h5-11,18H,12-13H2,1-4H3,(H,21,23)/t18-/m1/s1. The van der Waals surface area contributed by atoms with E-state index in [1.165, 1.54) is 11.1 Å². The molecule has 0 aliphatic rings. The number of nitrogens with zero attached hydrogens (tertiary/aromatic N) is 2. The number of rotatable bonds is 6. The molecule has 0 radical (unpaired) electrons. The lowest BCUT2D eigenvalue weighted by molar-refractivity contribution is 0.114. The molecular formula is C19H25N3O2. The maximum absolute atomic E-state index is 12.5. The third kappa shape index (κ3) is 4.55. The Bertz CT molecular complexity index is 674. The fourth-order valence-corrected chi connectivity index (χ4v) is 2.55. The lowest BCUT2D eigenvalue weighted by Crippen LogP contribution is -2.41. The summed E-state index contributed by atoms with van der Waals surface area (Å²) >= 11 is 0. The van der Waals surface area contributed by atoms with Crippen molar-refractivity contribution in [3.05, 3.63) is 65.0 Å². The minimum atomic E-state index is -0.227. The smallest absolute Gasteiger partial charge is 0.318 e. The van der Waals surface area contributed by atoms with E-state index in [-0.39, 0.29) is 12.1 Å². The summed E-state index contributed by atoms with van der Waals surface area (Å²) in [6.45, 7) is 4.99. The summed E-state index contributed by atoms with van der Waals surface area (Å²) in [5.74, 6) is 0. The SMILES string of the molecule is COC[C@H](c1ccccn1)N(C)C(=O)NCc1cc(C)ccc1C. The van der Waals surface area contributed by atoms with E-state index < -0.39 is 0 Å². The Balaban J connectivity index is 2.05. The first kappa shape index (κ1) is 17.9. The first-order valence-electron chi connectivity index (χ1n) is 7.99. The molecule has 1 N–H and O–H groups in total. The van der Waals surface area contributed by atoms with Crippen LogP contribution in [0.2, 0.25) is 0 Å². The van der Waals surface area contributed by atoms with Crippen LogP contribution in [0.5, 0.6) is 0 Å². The van der Waals surface area contributed by atoms with Gasteiger partial charge in [-0.3, -0.25) is 4.98 Å². The molecule has 5 heteroatoms. The number of pyridine rings is 1. The van der Waals surface area contributed by atoms with Crippen LogP contribution in [-0.2, 0) is 11.3 Å². The van der Waals surface area contributed by atoms with Gasteiger partial charge in [-0.15, -0.1) is 0 Å². The molecule has 1 heterocycles. The molecule has 0 aliphatic heterocycles. The summed E-state index contributed by atoms with van der Waals surface area (Å²) in [4.78, 5) is 18.5. The molecule has 1 atom stereocenters. The lowest BCUT2D eigenvalue weighted by Gasteiger charge is -2.27. The Labute approximate surface area is 143 Å². The van der Waals surface area contributed by atoms with Gasteiger partial charge in [-0.2, -0.15) is 0 Å². The van der Waals surface area contributed by atoms with Crippen molar-refractivity contribution in [2.24, 2.45) is 0 Å². The van der Waals surface area contributed by atoms with E-state index in [0.29, 0.717) is 13.2 Å². The second-order valence-electron chi connectivity index (χ2n) is 5.93. The van der Waals surface area contributed by atoms with Crippen LogP contribution in [0, 0.1) is 13.8 Å². The van der Waals surface area contributed by atoms with E-state index in [4.69, 9.17) is 4.74 Å². The van der Waals surface area contributed by atoms with Crippen molar-refractivity contribution in [2.45, 2.75) is 26.4 Å². The van der Waals surface area contributed by atoms with Crippen LogP contribution in [0.4, 0.5) is 4.79 Å². The van der Waals surface area contributed by atoms with Crippen LogP contribution in [0.3, 0.4) is 0 Å². The number of likely N-dealkylation sites (N-methyl/N-ethyl adjacent to an activating group) is 1. The highest BCUT2D eigenvalue weighted by Gasteiger charge is 2.22. The molecule has 1 aromatic heterocycles. The number of ether oxygens (including phenoxy) is 1. The number of hydrogen-bond donors (Lipinski definition) is 1. The molecule has 0 saturated heterocycles. The van der Waals surface area contributed by atoms with Gasteiger partial charge in [-0.05, 0) is 37.1 Å². The number of benzene rings is 1. The molecule has 0 unspecified atom stereocenters. The van der Waals surface area contributed by atoms with Gasteiger partial charge in [0, 0.05) is 26.9 Å². The van der Waals surface area contributed by atoms with Crippen molar-refractivity contribution in [1.29, 1.82) is 0 Å². The van der Waals surface area contributed by atoms with Crippen molar-refractivity contribution in [2.75, 3.05) is 20.8 Å². The fourth-order valence-electron chi connectivity index (χ4n) is 2.55. The Morgan fingerprint density at radius 2 is 2.08 bits per heavy atom. The van der Waals surface area contributed by atoms with Crippen LogP contribution in [0.1, 0.15) is 28.4 Å². The van der Waals surface area contributed by atoms with Gasteiger partial charge in [0.15, 0.2) is 0 Å². The Morgan fingerprint density at radius 1 is 1.29 bits per heavy atom. The number of nitrogens with one attached hydrogen (secondary N) is 1. The molecule has 0 saturated carbocycles. The van der Waals surface area contributed by atoms with Gasteiger partial charge in [0.05, 0.1) is 18.3 Å². The first-order chi connectivity index (χ1) is 11.5. The van der Waals surface area contributed by atoms with Crippen molar-refractivity contribution in [3.8, 4) is 0 Å². The molecule has 24 heavy (non-hydrogen) atoms. The van der Waals surface area contributed by atoms with Gasteiger partial charge in [0.25, 0.3) is 0 Å². The van der Waals surface area contributed by atoms with Gasteiger partial charge in [0.2, 0.25) is 0 Å². The highest BCUT2D eigenvalue weighted by atomic mass is 16.5. The molecule has 0 fully saturated rings. The fraction of sp³-hybridized carbons (Fsp3) is 0.368. The molecule has 128 valence electrons. The summed E-state index contributed by atoms with van der Waals surface area (Å²) in [5.41, 5.74) is 4.28. The number of carbonyl (C=O) groups excluding carboxylic acids is 1. The van der Waals surface area contributed by atoms with Gasteiger partial charge in [0.1, 0.15) is 0 Å². The van der Waals surface area contributed by atoms with Crippen molar-refractivity contribution >= 4 is 6.03 Å². The molecule has 1 aromatic carbocycles. The third-order valence-electron chi connectivity index (χ3n) is 4.08. The van der Waals surface area contributed by atoms with E-state index >= 15 is 0 Å². The Morgan fingerprint density at radius 3 is 2.75 bits per heavy atom. The van der Waals surface area contributed by atoms with Gasteiger partial charge >= 0.3 is 6.03 Å². The molecule has 2 rings (SSSR count). The van der Waals surface area contributed by atoms with Crippen LogP contribution in [0.25, 0.3) is 0 Å². The normalized spacial score (nSPS) is 11.8. The number of amides is 2. The molecular weight excluding hydrogens is 302 g/mol. The van der Waals surface area contributed by atoms with Crippen LogP contribution in [-0.4, -0.2) is 36.7 Å². The van der Waals surface area contributed by atoms with E-state index in [9.17, 15) is 4.79 Å². The maximum Gasteiger partial charge on any atom is 0.318 e. The molecule has 2 amide bonds. The predicted molar refractivity (Wildman–Crippen MR) is 94.8 cm³/mol. The van der Waals surface area contributed by atoms with E-state index in [2.05, 4.69) is 28.5 Å². The number of urea groups is 1. The zero-order valence-corrected chi connectivity index (χ0v) is 14.7. The average molecular weight is 327 g/mol. The summed E-state index contributed by atoms with van der Waals surface area (Å²) in [7, 11) is 3.38. The number of hydrogen-bond acceptors (Lipinski definition) is 3. The summed E-state index contributed by atoms with van der Waals surface area (Å²) in [6, 6.07) is 11.5. The monoisotopic (exact) mass is 327 g/mol. The topological polar surface area (TPSA) is 54.5 Å². The largest absolute Gasteiger partial charge is 0.382 e. The molecule has 0 aliphatic carbocycles. The van der Waals surface area contributed by atoms with Crippen LogP contribution >= 0.6 is 0 Å². The number of aryl methyl sites for hydroxylation is 2. The van der Waals surface area contributed by atoms with Crippen molar-refractivity contribution in [1.82, 2.24) is 15.2 Å². The second-order valence-corrected chi connectivity index (χ2v) is 5.93. The minimum absolute atomic E-state index is 0.149. The lowest BCUT2D eigenvalue weighted by atomic mass is 10.1. The van der Waals surface area contributed by atoms with Crippen LogP contribution in [0.15, 0.2) is 42.6 Å². The van der Waals surface area contributed by atoms with Gasteiger partial charge in [-0.1, -0.05) is 29.8 Å². The molecule has 0 bridgehead atoms.